The van der Waals surface area contributed by atoms with E-state index in [-0.39, 0.29) is 25.8 Å². The van der Waals surface area contributed by atoms with E-state index in [4.69, 9.17) is 15.3 Å². The fourth-order valence-corrected chi connectivity index (χ4v) is 2.22. The molecule has 8 nitrogen and oxygen atoms in total. The number of rotatable bonds is 7. The summed E-state index contributed by atoms with van der Waals surface area (Å²) in [5, 5.41) is 26.4. The minimum Gasteiger partial charge on any atom is -0.481 e. The van der Waals surface area contributed by atoms with Crippen molar-refractivity contribution in [2.75, 3.05) is 6.54 Å². The first-order valence-electron chi connectivity index (χ1n) is 6.29. The molecular weight excluding hydrogens is 270 g/mol. The molecule has 0 spiro atoms. The Kier molecular flexibility index (Phi) is 5.48. The topological polar surface area (TPSA) is 132 Å². The van der Waals surface area contributed by atoms with Crippen molar-refractivity contribution >= 4 is 23.8 Å². The van der Waals surface area contributed by atoms with Gasteiger partial charge in [0.15, 0.2) is 0 Å². The van der Waals surface area contributed by atoms with Gasteiger partial charge in [-0.3, -0.25) is 14.4 Å². The molecule has 0 aromatic heterocycles. The summed E-state index contributed by atoms with van der Waals surface area (Å²) in [6.45, 7) is -0.107. The molecule has 1 aliphatic heterocycles. The Morgan fingerprint density at radius 1 is 0.950 bits per heavy atom. The van der Waals surface area contributed by atoms with Gasteiger partial charge in [-0.05, 0) is 19.3 Å². The monoisotopic (exact) mass is 287 g/mol. The van der Waals surface area contributed by atoms with Crippen LogP contribution in [0.1, 0.15) is 32.1 Å². The molecule has 2 atom stereocenters. The number of carboxylic acids is 3. The van der Waals surface area contributed by atoms with Gasteiger partial charge >= 0.3 is 17.9 Å². The van der Waals surface area contributed by atoms with E-state index in [0.29, 0.717) is 12.8 Å². The van der Waals surface area contributed by atoms with Crippen LogP contribution in [-0.2, 0) is 19.2 Å². The van der Waals surface area contributed by atoms with Crippen molar-refractivity contribution in [3.8, 4) is 0 Å². The number of carbonyl (C=O) groups excluding carboxylic acids is 1. The molecule has 8 heteroatoms. The summed E-state index contributed by atoms with van der Waals surface area (Å²) < 4.78 is 0. The molecule has 0 radical (unpaired) electrons. The second kappa shape index (κ2) is 6.88. The molecule has 0 aromatic rings. The van der Waals surface area contributed by atoms with Gasteiger partial charge in [-0.1, -0.05) is 0 Å². The number of hydrogen-bond acceptors (Lipinski definition) is 4. The van der Waals surface area contributed by atoms with Gasteiger partial charge in [-0.25, -0.2) is 4.79 Å². The molecular formula is C12H17NO7. The molecule has 1 heterocycles. The molecule has 1 rings (SSSR count). The number of amides is 1. The molecule has 0 aromatic carbocycles. The first-order chi connectivity index (χ1) is 9.32. The third-order valence-electron chi connectivity index (χ3n) is 3.29. The average molecular weight is 287 g/mol. The lowest BCUT2D eigenvalue weighted by molar-refractivity contribution is -0.148. The lowest BCUT2D eigenvalue weighted by atomic mass is 10.1. The van der Waals surface area contributed by atoms with Gasteiger partial charge in [-0.2, -0.15) is 0 Å². The highest BCUT2D eigenvalue weighted by Gasteiger charge is 2.42. The molecule has 3 N–H and O–H groups in total. The largest absolute Gasteiger partial charge is 0.481 e. The van der Waals surface area contributed by atoms with Gasteiger partial charge in [0.2, 0.25) is 5.91 Å². The highest BCUT2D eigenvalue weighted by atomic mass is 16.4. The normalized spacial score (nSPS) is 21.7. The van der Waals surface area contributed by atoms with E-state index in [1.807, 2.05) is 0 Å². The minimum absolute atomic E-state index is 0.0311. The van der Waals surface area contributed by atoms with Crippen LogP contribution in [0, 0.1) is 5.92 Å². The number of nitrogens with zero attached hydrogens (tertiary/aromatic N) is 1. The summed E-state index contributed by atoms with van der Waals surface area (Å²) in [7, 11) is 0. The van der Waals surface area contributed by atoms with Crippen LogP contribution in [0.25, 0.3) is 0 Å². The fourth-order valence-electron chi connectivity index (χ4n) is 2.22. The summed E-state index contributed by atoms with van der Waals surface area (Å²) in [6, 6.07) is -1.11. The van der Waals surface area contributed by atoms with Crippen LogP contribution in [0.3, 0.4) is 0 Å². The van der Waals surface area contributed by atoms with Crippen molar-refractivity contribution in [3.05, 3.63) is 0 Å². The average Bonchev–Trinajstić information content (AvgIpc) is 2.79. The van der Waals surface area contributed by atoms with E-state index in [1.165, 1.54) is 0 Å². The molecule has 2 unspecified atom stereocenters. The lowest BCUT2D eigenvalue weighted by Gasteiger charge is -2.21. The first-order valence-corrected chi connectivity index (χ1v) is 6.29. The summed E-state index contributed by atoms with van der Waals surface area (Å²) in [5.41, 5.74) is 0. The highest BCUT2D eigenvalue weighted by molar-refractivity contribution is 5.86. The van der Waals surface area contributed by atoms with Gasteiger partial charge in [0, 0.05) is 19.4 Å². The van der Waals surface area contributed by atoms with Crippen molar-refractivity contribution in [1.82, 2.24) is 4.90 Å². The van der Waals surface area contributed by atoms with Crippen molar-refractivity contribution < 1.29 is 34.5 Å². The summed E-state index contributed by atoms with van der Waals surface area (Å²) in [4.78, 5) is 45.2. The third-order valence-corrected chi connectivity index (χ3v) is 3.29. The molecule has 0 bridgehead atoms. The van der Waals surface area contributed by atoms with E-state index in [9.17, 15) is 19.2 Å². The standard InChI is InChI=1S/C12H17NO7/c14-9(3-1-2-4-10(15)16)13-6-7(11(17)18)5-8(13)12(19)20/h7-8H,1-6H2,(H,15,16)(H,17,18)(H,19,20). The van der Waals surface area contributed by atoms with Crippen LogP contribution in [0.15, 0.2) is 0 Å². The van der Waals surface area contributed by atoms with E-state index < -0.39 is 35.8 Å². The molecule has 1 aliphatic rings. The predicted octanol–water partition coefficient (Wildman–Crippen LogP) is 0.0177. The third kappa shape index (κ3) is 4.22. The molecule has 1 fully saturated rings. The number of likely N-dealkylation sites (tertiary alicyclic amines) is 1. The van der Waals surface area contributed by atoms with Gasteiger partial charge in [0.25, 0.3) is 0 Å². The van der Waals surface area contributed by atoms with E-state index in [0.717, 1.165) is 4.90 Å². The molecule has 112 valence electrons. The van der Waals surface area contributed by atoms with Gasteiger partial charge in [-0.15, -0.1) is 0 Å². The van der Waals surface area contributed by atoms with Crippen molar-refractivity contribution in [3.63, 3.8) is 0 Å². The molecule has 1 saturated heterocycles. The van der Waals surface area contributed by atoms with Crippen molar-refractivity contribution in [1.29, 1.82) is 0 Å². The second-order valence-corrected chi connectivity index (χ2v) is 4.77. The van der Waals surface area contributed by atoms with Crippen molar-refractivity contribution in [2.45, 2.75) is 38.1 Å². The zero-order valence-corrected chi connectivity index (χ0v) is 10.8. The van der Waals surface area contributed by atoms with Crippen LogP contribution in [0.4, 0.5) is 0 Å². The SMILES string of the molecule is O=C(O)CCCCC(=O)N1CC(C(=O)O)CC1C(=O)O. The Bertz CT molecular complexity index is 420. The Hall–Kier alpha value is -2.12. The fraction of sp³-hybridized carbons (Fsp3) is 0.667. The van der Waals surface area contributed by atoms with E-state index >= 15 is 0 Å². The molecule has 20 heavy (non-hydrogen) atoms. The van der Waals surface area contributed by atoms with Crippen LogP contribution in [0.2, 0.25) is 0 Å². The zero-order valence-electron chi connectivity index (χ0n) is 10.8. The number of unbranched alkanes of at least 4 members (excludes halogenated alkanes) is 1. The smallest absolute Gasteiger partial charge is 0.326 e. The van der Waals surface area contributed by atoms with Gasteiger partial charge in [0.05, 0.1) is 5.92 Å². The van der Waals surface area contributed by atoms with E-state index in [2.05, 4.69) is 0 Å². The van der Waals surface area contributed by atoms with Crippen LogP contribution >= 0.6 is 0 Å². The number of hydrogen-bond donors (Lipinski definition) is 3. The quantitative estimate of drug-likeness (QED) is 0.562. The Labute approximate surface area is 115 Å². The minimum atomic E-state index is -1.22. The van der Waals surface area contributed by atoms with Crippen LogP contribution in [-0.4, -0.2) is 56.6 Å². The van der Waals surface area contributed by atoms with E-state index in [1.54, 1.807) is 0 Å². The van der Waals surface area contributed by atoms with Gasteiger partial charge < -0.3 is 20.2 Å². The first kappa shape index (κ1) is 15.9. The number of carbonyl (C=O) groups is 4. The summed E-state index contributed by atoms with van der Waals surface area (Å²) in [6.07, 6.45) is 0.559. The Morgan fingerprint density at radius 3 is 2.05 bits per heavy atom. The number of carboxylic acid groups (broad SMARTS) is 3. The molecule has 0 aliphatic carbocycles. The van der Waals surface area contributed by atoms with Crippen LogP contribution in [0.5, 0.6) is 0 Å². The molecule has 0 saturated carbocycles. The number of aliphatic carboxylic acids is 3. The maximum Gasteiger partial charge on any atom is 0.326 e. The maximum atomic E-state index is 11.9. The Morgan fingerprint density at radius 2 is 1.55 bits per heavy atom. The maximum absolute atomic E-state index is 11.9. The second-order valence-electron chi connectivity index (χ2n) is 4.77. The predicted molar refractivity (Wildman–Crippen MR) is 65.0 cm³/mol. The van der Waals surface area contributed by atoms with Gasteiger partial charge in [0.1, 0.15) is 6.04 Å². The highest BCUT2D eigenvalue weighted by Crippen LogP contribution is 2.25. The Balaban J connectivity index is 2.53. The summed E-state index contributed by atoms with van der Waals surface area (Å²) in [5.74, 6) is -4.58. The summed E-state index contributed by atoms with van der Waals surface area (Å²) >= 11 is 0. The lowest BCUT2D eigenvalue weighted by Crippen LogP contribution is -2.40. The molecule has 1 amide bonds. The van der Waals surface area contributed by atoms with Crippen molar-refractivity contribution in [2.24, 2.45) is 5.92 Å². The zero-order chi connectivity index (χ0) is 15.3. The van der Waals surface area contributed by atoms with Crippen LogP contribution < -0.4 is 0 Å².